The molecule has 0 radical (unpaired) electrons. The smallest absolute Gasteiger partial charge is 0.143 e. The summed E-state index contributed by atoms with van der Waals surface area (Å²) in [6.45, 7) is 2.34. The van der Waals surface area contributed by atoms with E-state index in [1.807, 2.05) is 85.8 Å². The number of rotatable bonds is 14. The van der Waals surface area contributed by atoms with Crippen molar-refractivity contribution in [3.63, 3.8) is 0 Å². The molecule has 0 fully saturated rings. The maximum absolute atomic E-state index is 10.3. The fourth-order valence-electron chi connectivity index (χ4n) is 10.3. The van der Waals surface area contributed by atoms with Gasteiger partial charge in [-0.1, -0.05) is 139 Å². The van der Waals surface area contributed by atoms with E-state index in [1.165, 1.54) is 0 Å². The molecule has 10 aromatic rings. The van der Waals surface area contributed by atoms with E-state index in [1.54, 1.807) is 28.4 Å². The highest BCUT2D eigenvalue weighted by molar-refractivity contribution is 6.10. The van der Waals surface area contributed by atoms with Crippen LogP contribution in [0.3, 0.4) is 0 Å². The van der Waals surface area contributed by atoms with E-state index in [0.29, 0.717) is 19.4 Å². The Morgan fingerprint density at radius 1 is 0.432 bits per heavy atom. The molecule has 6 heteroatoms. The second-order valence-electron chi connectivity index (χ2n) is 18.6. The first kappa shape index (κ1) is 48.6. The van der Waals surface area contributed by atoms with Gasteiger partial charge >= 0.3 is 0 Å². The summed E-state index contributed by atoms with van der Waals surface area (Å²) in [7, 11) is 6.72. The Balaban J connectivity index is 1.12. The highest BCUT2D eigenvalue weighted by Gasteiger charge is 2.39. The first-order valence-electron chi connectivity index (χ1n) is 24.9. The zero-order valence-corrected chi connectivity index (χ0v) is 42.2. The predicted octanol–water partition coefficient (Wildman–Crippen LogP) is 14.9. The first-order chi connectivity index (χ1) is 36.3. The number of ether oxygens (including phenoxy) is 5. The molecule has 10 rings (SSSR count). The second-order valence-corrected chi connectivity index (χ2v) is 18.6. The maximum Gasteiger partial charge on any atom is 0.143 e. The third kappa shape index (κ3) is 9.83. The van der Waals surface area contributed by atoms with Gasteiger partial charge < -0.3 is 23.7 Å². The van der Waals surface area contributed by atoms with Crippen LogP contribution in [0.4, 0.5) is 0 Å². The second kappa shape index (κ2) is 21.8. The van der Waals surface area contributed by atoms with E-state index >= 15 is 0 Å². The minimum Gasteiger partial charge on any atom is -0.497 e. The molecule has 0 bridgehead atoms. The van der Waals surface area contributed by atoms with Crippen molar-refractivity contribution >= 4 is 43.1 Å². The lowest BCUT2D eigenvalue weighted by atomic mass is 9.79. The van der Waals surface area contributed by atoms with Crippen molar-refractivity contribution in [2.45, 2.75) is 25.4 Å². The fourth-order valence-corrected chi connectivity index (χ4v) is 10.3. The van der Waals surface area contributed by atoms with Crippen LogP contribution in [0.2, 0.25) is 0 Å². The summed E-state index contributed by atoms with van der Waals surface area (Å²) in [4.78, 5) is 0. The third-order valence-corrected chi connectivity index (χ3v) is 14.0. The van der Waals surface area contributed by atoms with E-state index in [9.17, 15) is 5.26 Å². The summed E-state index contributed by atoms with van der Waals surface area (Å²) in [6, 6.07) is 68.9. The lowest BCUT2D eigenvalue weighted by Gasteiger charge is -2.37. The van der Waals surface area contributed by atoms with Crippen LogP contribution in [0.5, 0.6) is 23.0 Å². The highest BCUT2D eigenvalue weighted by atomic mass is 16.5. The molecule has 74 heavy (non-hydrogen) atoms. The number of hydrogen-bond donors (Lipinski definition) is 0. The standard InChI is InChI=1S/C68H55NO5/c1-46(44-69)39-48(45-74-68(53-17-7-6-8-18-53,54-24-28-56(70-2)29-25-54)55-26-30-57(71-3)31-27-55)40-47-21-34-65-64(35-22-49-13-11-15-51-42-58(72-4)32-37-60(49)51)62-19-9-10-20-63(62)66(67(65)41-47)36-23-50-14-12-16-52-43-59(73-5)33-38-61(50)52/h6-21,24-34,37-38,41-43,46,48H,39-40,45H2,1-5H3. The molecule has 2 unspecified atom stereocenters. The molecule has 0 spiro atoms. The SMILES string of the molecule is COc1ccc(C(OCC(Cc2ccc3c(C#Cc4cccc5cc(OC)ccc45)c4ccccc4c(C#Cc4cccc5cc(OC)ccc45)c3c2)CC(C)C#N)(c2ccccc2)c2ccc(OC)cc2)cc1. The molecule has 0 amide bonds. The third-order valence-electron chi connectivity index (χ3n) is 14.0. The van der Waals surface area contributed by atoms with Crippen LogP contribution in [-0.2, 0) is 16.8 Å². The van der Waals surface area contributed by atoms with Crippen LogP contribution in [0.15, 0.2) is 194 Å². The molecule has 6 nitrogen and oxygen atoms in total. The van der Waals surface area contributed by atoms with Gasteiger partial charge in [-0.15, -0.1) is 0 Å². The van der Waals surface area contributed by atoms with Crippen LogP contribution in [0.1, 0.15) is 57.9 Å². The summed E-state index contributed by atoms with van der Waals surface area (Å²) in [5.41, 5.74) is 6.67. The van der Waals surface area contributed by atoms with Gasteiger partial charge in [-0.25, -0.2) is 0 Å². The molecular weight excluding hydrogens is 911 g/mol. The molecule has 0 saturated heterocycles. The van der Waals surface area contributed by atoms with Gasteiger partial charge in [-0.05, 0) is 170 Å². The van der Waals surface area contributed by atoms with Gasteiger partial charge in [0.15, 0.2) is 0 Å². The molecule has 0 aliphatic heterocycles. The highest BCUT2D eigenvalue weighted by Crippen LogP contribution is 2.43. The topological polar surface area (TPSA) is 69.9 Å². The number of methoxy groups -OCH3 is 4. The van der Waals surface area contributed by atoms with Crippen molar-refractivity contribution in [2.24, 2.45) is 11.8 Å². The van der Waals surface area contributed by atoms with E-state index in [4.69, 9.17) is 23.7 Å². The number of fused-ring (bicyclic) bond motifs is 4. The Hall–Kier alpha value is -8.99. The molecule has 0 aliphatic rings. The van der Waals surface area contributed by atoms with E-state index in [-0.39, 0.29) is 11.8 Å². The average Bonchev–Trinajstić information content (AvgIpc) is 3.46. The minimum atomic E-state index is -1.02. The fraction of sp³-hybridized carbons (Fsp3) is 0.162. The van der Waals surface area contributed by atoms with E-state index in [0.717, 1.165) is 111 Å². The van der Waals surface area contributed by atoms with Crippen LogP contribution >= 0.6 is 0 Å². The monoisotopic (exact) mass is 965 g/mol. The number of benzene rings is 10. The van der Waals surface area contributed by atoms with E-state index in [2.05, 4.69) is 145 Å². The number of nitrogens with zero attached hydrogens (tertiary/aromatic N) is 1. The summed E-state index contributed by atoms with van der Waals surface area (Å²) >= 11 is 0. The Labute approximate surface area is 433 Å². The molecule has 10 aromatic carbocycles. The molecule has 0 heterocycles. The van der Waals surface area contributed by atoms with E-state index < -0.39 is 5.60 Å². The maximum atomic E-state index is 10.3. The number of hydrogen-bond acceptors (Lipinski definition) is 6. The summed E-state index contributed by atoms with van der Waals surface area (Å²) in [6.07, 6.45) is 1.26. The van der Waals surface area contributed by atoms with Crippen molar-refractivity contribution in [2.75, 3.05) is 35.0 Å². The van der Waals surface area contributed by atoms with Gasteiger partial charge in [0.1, 0.15) is 28.6 Å². The van der Waals surface area contributed by atoms with Crippen molar-refractivity contribution in [1.82, 2.24) is 0 Å². The van der Waals surface area contributed by atoms with Gasteiger partial charge in [-0.2, -0.15) is 5.26 Å². The molecule has 0 N–H and O–H groups in total. The van der Waals surface area contributed by atoms with Crippen molar-refractivity contribution in [1.29, 1.82) is 5.26 Å². The molecular formula is C68H55NO5. The Morgan fingerprint density at radius 2 is 0.892 bits per heavy atom. The van der Waals surface area contributed by atoms with Gasteiger partial charge in [0.25, 0.3) is 0 Å². The lowest BCUT2D eigenvalue weighted by molar-refractivity contribution is -0.0111. The summed E-state index contributed by atoms with van der Waals surface area (Å²) < 4.78 is 29.9. The van der Waals surface area contributed by atoms with Gasteiger partial charge in [0.2, 0.25) is 0 Å². The van der Waals surface area contributed by atoms with Crippen LogP contribution < -0.4 is 18.9 Å². The lowest BCUT2D eigenvalue weighted by Crippen LogP contribution is -2.35. The van der Waals surface area contributed by atoms with Crippen molar-refractivity contribution < 1.29 is 23.7 Å². The Morgan fingerprint density at radius 3 is 1.41 bits per heavy atom. The molecule has 2 atom stereocenters. The molecule has 0 saturated carbocycles. The zero-order chi connectivity index (χ0) is 51.0. The number of nitriles is 1. The van der Waals surface area contributed by atoms with Crippen molar-refractivity contribution in [3.05, 3.63) is 239 Å². The quantitative estimate of drug-likeness (QED) is 0.0614. The first-order valence-corrected chi connectivity index (χ1v) is 24.9. The Bertz CT molecular complexity index is 3790. The van der Waals surface area contributed by atoms with Gasteiger partial charge in [0.05, 0.1) is 41.1 Å². The average molecular weight is 966 g/mol. The molecule has 0 aromatic heterocycles. The van der Waals surface area contributed by atoms with Gasteiger partial charge in [0, 0.05) is 28.2 Å². The van der Waals surface area contributed by atoms with Crippen LogP contribution in [-0.4, -0.2) is 35.0 Å². The van der Waals surface area contributed by atoms with Gasteiger partial charge in [-0.3, -0.25) is 0 Å². The predicted molar refractivity (Wildman–Crippen MR) is 299 cm³/mol. The molecule has 362 valence electrons. The van der Waals surface area contributed by atoms with Crippen LogP contribution in [0.25, 0.3) is 43.1 Å². The molecule has 0 aliphatic carbocycles. The van der Waals surface area contributed by atoms with Crippen LogP contribution in [0, 0.1) is 46.8 Å². The normalized spacial score (nSPS) is 12.0. The zero-order valence-electron chi connectivity index (χ0n) is 42.2. The summed E-state index contributed by atoms with van der Waals surface area (Å²) in [5, 5.41) is 18.6. The largest absolute Gasteiger partial charge is 0.497 e. The summed E-state index contributed by atoms with van der Waals surface area (Å²) in [5.74, 6) is 17.4. The Kier molecular flexibility index (Phi) is 14.3. The minimum absolute atomic E-state index is 0.0615. The van der Waals surface area contributed by atoms with Crippen molar-refractivity contribution in [3.8, 4) is 52.7 Å².